The number of esters is 1. The lowest BCUT2D eigenvalue weighted by atomic mass is 9.99. The Labute approximate surface area is 137 Å². The summed E-state index contributed by atoms with van der Waals surface area (Å²) in [5.74, 6) is -0.0438. The first kappa shape index (κ1) is 23.6. The maximum atomic E-state index is 11.6. The summed E-state index contributed by atoms with van der Waals surface area (Å²) in [6.45, 7) is 11.7. The zero-order valence-electron chi connectivity index (χ0n) is 15.9. The molecule has 0 aromatic heterocycles. The van der Waals surface area contributed by atoms with Crippen LogP contribution >= 0.6 is 0 Å². The van der Waals surface area contributed by atoms with Gasteiger partial charge in [0.15, 0.2) is 0 Å². The van der Waals surface area contributed by atoms with Crippen molar-refractivity contribution in [1.82, 2.24) is 10.0 Å². The molecule has 1 heterocycles. The van der Waals surface area contributed by atoms with Gasteiger partial charge in [-0.05, 0) is 25.7 Å². The van der Waals surface area contributed by atoms with Crippen LogP contribution in [-0.2, 0) is 14.3 Å². The van der Waals surface area contributed by atoms with Crippen molar-refractivity contribution in [3.05, 3.63) is 0 Å². The lowest BCUT2D eigenvalue weighted by Crippen LogP contribution is -2.48. The minimum absolute atomic E-state index is 0.0326. The molecule has 1 aliphatic heterocycles. The molecule has 1 aliphatic rings. The molecule has 1 unspecified atom stereocenters. The van der Waals surface area contributed by atoms with E-state index in [9.17, 15) is 4.79 Å². The molecule has 5 nitrogen and oxygen atoms in total. The van der Waals surface area contributed by atoms with Gasteiger partial charge in [-0.2, -0.15) is 0 Å². The van der Waals surface area contributed by atoms with E-state index in [1.807, 2.05) is 27.7 Å². The van der Waals surface area contributed by atoms with Gasteiger partial charge in [0.05, 0.1) is 13.0 Å². The number of hydrazine groups is 1. The highest BCUT2D eigenvalue weighted by atomic mass is 16.5. The Morgan fingerprint density at radius 3 is 2.36 bits per heavy atom. The molecule has 0 aromatic carbocycles. The third-order valence-electron chi connectivity index (χ3n) is 3.50. The van der Waals surface area contributed by atoms with Crippen molar-refractivity contribution in [3.8, 4) is 0 Å². The van der Waals surface area contributed by atoms with E-state index >= 15 is 0 Å². The summed E-state index contributed by atoms with van der Waals surface area (Å²) in [6.07, 6.45) is 4.20. The molecule has 0 spiro atoms. The van der Waals surface area contributed by atoms with E-state index in [2.05, 4.69) is 17.1 Å². The maximum absolute atomic E-state index is 11.6. The van der Waals surface area contributed by atoms with Crippen molar-refractivity contribution in [2.75, 3.05) is 47.5 Å². The van der Waals surface area contributed by atoms with Crippen molar-refractivity contribution in [1.29, 1.82) is 0 Å². The van der Waals surface area contributed by atoms with Gasteiger partial charge < -0.3 is 9.47 Å². The second-order valence-corrected chi connectivity index (χ2v) is 4.86. The Morgan fingerprint density at radius 1 is 1.18 bits per heavy atom. The summed E-state index contributed by atoms with van der Waals surface area (Å²) in [5.41, 5.74) is 0. The second kappa shape index (κ2) is 16.7. The second-order valence-electron chi connectivity index (χ2n) is 4.86. The minimum Gasteiger partial charge on any atom is -0.469 e. The van der Waals surface area contributed by atoms with E-state index in [1.165, 1.54) is 7.11 Å². The lowest BCUT2D eigenvalue weighted by Gasteiger charge is -2.37. The van der Waals surface area contributed by atoms with Crippen molar-refractivity contribution in [3.63, 3.8) is 0 Å². The van der Waals surface area contributed by atoms with Crippen molar-refractivity contribution in [2.24, 2.45) is 5.92 Å². The van der Waals surface area contributed by atoms with Gasteiger partial charge in [-0.1, -0.05) is 27.7 Å². The van der Waals surface area contributed by atoms with Crippen LogP contribution in [0.4, 0.5) is 0 Å². The van der Waals surface area contributed by atoms with Crippen molar-refractivity contribution < 1.29 is 14.3 Å². The predicted octanol–water partition coefficient (Wildman–Crippen LogP) is 3.20. The van der Waals surface area contributed by atoms with E-state index in [0.29, 0.717) is 0 Å². The number of methoxy groups -OCH3 is 2. The SMILES string of the molecule is CC.CC.COCCCCN(C)N1CCCC(C(=O)OC)C1. The lowest BCUT2D eigenvalue weighted by molar-refractivity contribution is -0.150. The summed E-state index contributed by atoms with van der Waals surface area (Å²) in [4.78, 5) is 11.6. The molecule has 1 fully saturated rings. The van der Waals surface area contributed by atoms with Crippen LogP contribution in [0.5, 0.6) is 0 Å². The number of nitrogens with zero attached hydrogens (tertiary/aromatic N) is 2. The maximum Gasteiger partial charge on any atom is 0.310 e. The quantitative estimate of drug-likeness (QED) is 0.533. The highest BCUT2D eigenvalue weighted by Gasteiger charge is 2.27. The third-order valence-corrected chi connectivity index (χ3v) is 3.50. The fourth-order valence-corrected chi connectivity index (χ4v) is 2.35. The number of carbonyl (C=O) groups excluding carboxylic acids is 1. The summed E-state index contributed by atoms with van der Waals surface area (Å²) >= 11 is 0. The molecule has 0 bridgehead atoms. The van der Waals surface area contributed by atoms with E-state index in [-0.39, 0.29) is 11.9 Å². The van der Waals surface area contributed by atoms with E-state index in [0.717, 1.165) is 51.9 Å². The van der Waals surface area contributed by atoms with Gasteiger partial charge in [0.1, 0.15) is 0 Å². The number of hydrogen-bond acceptors (Lipinski definition) is 5. The number of unbranched alkanes of at least 4 members (excludes halogenated alkanes) is 1. The highest BCUT2D eigenvalue weighted by molar-refractivity contribution is 5.72. The van der Waals surface area contributed by atoms with Gasteiger partial charge in [0.25, 0.3) is 0 Å². The van der Waals surface area contributed by atoms with Crippen LogP contribution in [0.25, 0.3) is 0 Å². The van der Waals surface area contributed by atoms with Crippen LogP contribution in [-0.4, -0.2) is 63.5 Å². The Kier molecular flexibility index (Phi) is 17.9. The summed E-state index contributed by atoms with van der Waals surface area (Å²) < 4.78 is 9.87. The van der Waals surface area contributed by atoms with Gasteiger partial charge in [-0.3, -0.25) is 4.79 Å². The Balaban J connectivity index is 0. The Hall–Kier alpha value is -0.650. The first-order valence-corrected chi connectivity index (χ1v) is 8.71. The number of carbonyl (C=O) groups is 1. The molecule has 22 heavy (non-hydrogen) atoms. The van der Waals surface area contributed by atoms with E-state index in [4.69, 9.17) is 9.47 Å². The summed E-state index contributed by atoms with van der Waals surface area (Å²) in [5, 5.41) is 4.49. The fraction of sp³-hybridized carbons (Fsp3) is 0.941. The number of rotatable bonds is 7. The first-order valence-electron chi connectivity index (χ1n) is 8.71. The third kappa shape index (κ3) is 10.1. The number of hydrogen-bond donors (Lipinski definition) is 0. The predicted molar refractivity (Wildman–Crippen MR) is 92.7 cm³/mol. The molecule has 0 aliphatic carbocycles. The molecule has 0 saturated carbocycles. The normalized spacial score (nSPS) is 17.9. The molecule has 0 aromatic rings. The van der Waals surface area contributed by atoms with Gasteiger partial charge in [-0.25, -0.2) is 10.0 Å². The average molecular weight is 319 g/mol. The number of ether oxygens (including phenoxy) is 2. The van der Waals surface area contributed by atoms with Crippen LogP contribution < -0.4 is 0 Å². The van der Waals surface area contributed by atoms with E-state index in [1.54, 1.807) is 7.11 Å². The summed E-state index contributed by atoms with van der Waals surface area (Å²) in [7, 11) is 5.29. The Morgan fingerprint density at radius 2 is 1.82 bits per heavy atom. The van der Waals surface area contributed by atoms with Crippen molar-refractivity contribution in [2.45, 2.75) is 53.4 Å². The zero-order valence-corrected chi connectivity index (χ0v) is 15.9. The average Bonchev–Trinajstić information content (AvgIpc) is 2.61. The largest absolute Gasteiger partial charge is 0.469 e. The van der Waals surface area contributed by atoms with Crippen LogP contribution in [0, 0.1) is 5.92 Å². The van der Waals surface area contributed by atoms with E-state index < -0.39 is 0 Å². The molecule has 1 rings (SSSR count). The molecule has 0 radical (unpaired) electrons. The molecule has 1 atom stereocenters. The Bertz CT molecular complexity index is 250. The standard InChI is InChI=1S/C13H26N2O3.2C2H6/c1-14(8-4-5-10-17-2)15-9-6-7-12(11-15)13(16)18-3;2*1-2/h12H,4-11H2,1-3H3;2*1-2H3. The fourth-order valence-electron chi connectivity index (χ4n) is 2.35. The summed E-state index contributed by atoms with van der Waals surface area (Å²) in [6, 6.07) is 0. The molecular formula is C17H38N2O3. The van der Waals surface area contributed by atoms with Crippen molar-refractivity contribution >= 4 is 5.97 Å². The smallest absolute Gasteiger partial charge is 0.310 e. The topological polar surface area (TPSA) is 42.0 Å². The van der Waals surface area contributed by atoms with Gasteiger partial charge in [-0.15, -0.1) is 0 Å². The van der Waals surface area contributed by atoms with Crippen LogP contribution in [0.15, 0.2) is 0 Å². The molecule has 0 N–H and O–H groups in total. The first-order chi connectivity index (χ1) is 10.7. The molecule has 1 saturated heterocycles. The van der Waals surface area contributed by atoms with Crippen LogP contribution in [0.3, 0.4) is 0 Å². The van der Waals surface area contributed by atoms with Gasteiger partial charge in [0.2, 0.25) is 0 Å². The van der Waals surface area contributed by atoms with Gasteiger partial charge in [0, 0.05) is 40.4 Å². The monoisotopic (exact) mass is 318 g/mol. The molecule has 5 heteroatoms. The van der Waals surface area contributed by atoms with Crippen LogP contribution in [0.1, 0.15) is 53.4 Å². The zero-order chi connectivity index (χ0) is 17.4. The molecule has 134 valence electrons. The molecular weight excluding hydrogens is 280 g/mol. The highest BCUT2D eigenvalue weighted by Crippen LogP contribution is 2.18. The minimum atomic E-state index is -0.0764. The van der Waals surface area contributed by atoms with Crippen LogP contribution in [0.2, 0.25) is 0 Å². The number of piperidine rings is 1. The molecule has 0 amide bonds. The van der Waals surface area contributed by atoms with Gasteiger partial charge >= 0.3 is 5.97 Å².